The van der Waals surface area contributed by atoms with Crippen molar-refractivity contribution >= 4 is 22.4 Å². The number of hydrogen-bond acceptors (Lipinski definition) is 5. The highest BCUT2D eigenvalue weighted by Crippen LogP contribution is 2.26. The lowest BCUT2D eigenvalue weighted by Crippen LogP contribution is -2.11. The summed E-state index contributed by atoms with van der Waals surface area (Å²) in [6.45, 7) is 2.52. The van der Waals surface area contributed by atoms with Gasteiger partial charge in [0.1, 0.15) is 11.5 Å². The van der Waals surface area contributed by atoms with Crippen LogP contribution in [0.4, 0.5) is 5.13 Å². The third-order valence-electron chi connectivity index (χ3n) is 3.54. The molecule has 0 bridgehead atoms. The molecule has 3 rings (SSSR count). The normalized spacial score (nSPS) is 10.3. The van der Waals surface area contributed by atoms with Crippen molar-refractivity contribution in [3.63, 3.8) is 0 Å². The molecule has 0 fully saturated rings. The largest absolute Gasteiger partial charge is 0.497 e. The number of amides is 1. The average Bonchev–Trinajstić information content (AvgIpc) is 3.11. The molecule has 0 unspecified atom stereocenters. The molecule has 0 aliphatic carbocycles. The maximum Gasteiger partial charge on any atom is 0.257 e. The van der Waals surface area contributed by atoms with E-state index in [0.717, 1.165) is 22.8 Å². The Bertz CT molecular complexity index is 842. The summed E-state index contributed by atoms with van der Waals surface area (Å²) in [5.41, 5.74) is 2.35. The molecule has 0 saturated heterocycles. The van der Waals surface area contributed by atoms with Gasteiger partial charge >= 0.3 is 0 Å². The van der Waals surface area contributed by atoms with Gasteiger partial charge in [0.25, 0.3) is 5.91 Å². The number of aromatic nitrogens is 1. The van der Waals surface area contributed by atoms with Gasteiger partial charge in [-0.2, -0.15) is 0 Å². The van der Waals surface area contributed by atoms with E-state index >= 15 is 0 Å². The SMILES string of the molecule is CCOc1ccc(C(=O)Nc2nc(-c3ccc(OC)cc3)cs2)cc1. The van der Waals surface area contributed by atoms with Crippen LogP contribution in [-0.2, 0) is 0 Å². The molecule has 0 aliphatic heterocycles. The monoisotopic (exact) mass is 354 g/mol. The first-order valence-corrected chi connectivity index (χ1v) is 8.71. The second-order valence-corrected chi connectivity index (χ2v) is 6.04. The smallest absolute Gasteiger partial charge is 0.257 e. The molecule has 0 radical (unpaired) electrons. The Morgan fingerprint density at radius 2 is 1.76 bits per heavy atom. The fraction of sp³-hybridized carbons (Fsp3) is 0.158. The van der Waals surface area contributed by atoms with Crippen LogP contribution in [0.15, 0.2) is 53.9 Å². The van der Waals surface area contributed by atoms with Gasteiger partial charge in [-0.15, -0.1) is 11.3 Å². The number of nitrogens with one attached hydrogen (secondary N) is 1. The van der Waals surface area contributed by atoms with Crippen LogP contribution in [0.2, 0.25) is 0 Å². The van der Waals surface area contributed by atoms with Crippen LogP contribution < -0.4 is 14.8 Å². The summed E-state index contributed by atoms with van der Waals surface area (Å²) < 4.78 is 10.5. The molecule has 3 aromatic rings. The van der Waals surface area contributed by atoms with E-state index in [-0.39, 0.29) is 5.91 Å². The molecular formula is C19H18N2O3S. The van der Waals surface area contributed by atoms with Crippen molar-refractivity contribution in [1.82, 2.24) is 4.98 Å². The third-order valence-corrected chi connectivity index (χ3v) is 4.30. The van der Waals surface area contributed by atoms with E-state index in [0.29, 0.717) is 17.3 Å². The van der Waals surface area contributed by atoms with Crippen LogP contribution in [0.1, 0.15) is 17.3 Å². The molecule has 2 aromatic carbocycles. The van der Waals surface area contributed by atoms with Gasteiger partial charge in [-0.25, -0.2) is 4.98 Å². The predicted octanol–water partition coefficient (Wildman–Crippen LogP) is 4.47. The number of thiazole rings is 1. The van der Waals surface area contributed by atoms with Gasteiger partial charge in [-0.1, -0.05) is 0 Å². The summed E-state index contributed by atoms with van der Waals surface area (Å²) in [7, 11) is 1.63. The van der Waals surface area contributed by atoms with Crippen molar-refractivity contribution in [2.75, 3.05) is 19.0 Å². The molecule has 1 heterocycles. The van der Waals surface area contributed by atoms with Crippen molar-refractivity contribution in [1.29, 1.82) is 0 Å². The Kier molecular flexibility index (Phi) is 5.30. The van der Waals surface area contributed by atoms with Crippen LogP contribution in [-0.4, -0.2) is 24.6 Å². The minimum Gasteiger partial charge on any atom is -0.497 e. The van der Waals surface area contributed by atoms with E-state index in [1.165, 1.54) is 11.3 Å². The summed E-state index contributed by atoms with van der Waals surface area (Å²) in [5, 5.41) is 5.30. The van der Waals surface area contributed by atoms with Crippen molar-refractivity contribution in [3.8, 4) is 22.8 Å². The maximum atomic E-state index is 12.3. The number of carbonyl (C=O) groups excluding carboxylic acids is 1. The fourth-order valence-corrected chi connectivity index (χ4v) is 2.98. The summed E-state index contributed by atoms with van der Waals surface area (Å²) >= 11 is 1.39. The highest BCUT2D eigenvalue weighted by atomic mass is 32.1. The summed E-state index contributed by atoms with van der Waals surface area (Å²) in [6.07, 6.45) is 0. The number of carbonyl (C=O) groups is 1. The van der Waals surface area contributed by atoms with E-state index in [4.69, 9.17) is 9.47 Å². The predicted molar refractivity (Wildman–Crippen MR) is 99.7 cm³/mol. The molecule has 0 aliphatic rings. The van der Waals surface area contributed by atoms with Crippen LogP contribution in [0.25, 0.3) is 11.3 Å². The first kappa shape index (κ1) is 17.0. The summed E-state index contributed by atoms with van der Waals surface area (Å²) in [5.74, 6) is 1.34. The van der Waals surface area contributed by atoms with Crippen LogP contribution in [0.3, 0.4) is 0 Å². The van der Waals surface area contributed by atoms with Crippen molar-refractivity contribution in [2.24, 2.45) is 0 Å². The van der Waals surface area contributed by atoms with Gasteiger partial charge in [0, 0.05) is 16.5 Å². The Labute approximate surface area is 150 Å². The zero-order valence-electron chi connectivity index (χ0n) is 14.0. The van der Waals surface area contributed by atoms with E-state index in [1.807, 2.05) is 36.6 Å². The molecule has 0 saturated carbocycles. The van der Waals surface area contributed by atoms with Gasteiger partial charge in [0.2, 0.25) is 0 Å². The molecular weight excluding hydrogens is 336 g/mol. The minimum absolute atomic E-state index is 0.196. The molecule has 6 heteroatoms. The number of hydrogen-bond donors (Lipinski definition) is 1. The van der Waals surface area contributed by atoms with Crippen LogP contribution in [0, 0.1) is 0 Å². The average molecular weight is 354 g/mol. The topological polar surface area (TPSA) is 60.5 Å². The summed E-state index contributed by atoms with van der Waals surface area (Å²) in [4.78, 5) is 16.8. The summed E-state index contributed by atoms with van der Waals surface area (Å²) in [6, 6.07) is 14.7. The van der Waals surface area contributed by atoms with Crippen LogP contribution >= 0.6 is 11.3 Å². The minimum atomic E-state index is -0.196. The molecule has 1 N–H and O–H groups in total. The van der Waals surface area contributed by atoms with Gasteiger partial charge in [-0.3, -0.25) is 10.1 Å². The number of ether oxygens (including phenoxy) is 2. The number of methoxy groups -OCH3 is 1. The Morgan fingerprint density at radius 3 is 2.40 bits per heavy atom. The van der Waals surface area contributed by atoms with Gasteiger partial charge in [0.15, 0.2) is 5.13 Å². The number of nitrogens with zero attached hydrogens (tertiary/aromatic N) is 1. The van der Waals surface area contributed by atoms with Gasteiger partial charge in [-0.05, 0) is 55.5 Å². The lowest BCUT2D eigenvalue weighted by atomic mass is 10.2. The maximum absolute atomic E-state index is 12.3. The van der Waals surface area contributed by atoms with Crippen molar-refractivity contribution in [2.45, 2.75) is 6.92 Å². The molecule has 0 spiro atoms. The zero-order valence-corrected chi connectivity index (χ0v) is 14.8. The van der Waals surface area contributed by atoms with E-state index in [2.05, 4.69) is 10.3 Å². The Balaban J connectivity index is 1.68. The van der Waals surface area contributed by atoms with Gasteiger partial charge in [0.05, 0.1) is 19.4 Å². The quantitative estimate of drug-likeness (QED) is 0.709. The highest BCUT2D eigenvalue weighted by Gasteiger charge is 2.10. The zero-order chi connectivity index (χ0) is 17.6. The van der Waals surface area contributed by atoms with Crippen molar-refractivity contribution in [3.05, 3.63) is 59.5 Å². The van der Waals surface area contributed by atoms with Gasteiger partial charge < -0.3 is 9.47 Å². The lowest BCUT2D eigenvalue weighted by molar-refractivity contribution is 0.102. The van der Waals surface area contributed by atoms with E-state index < -0.39 is 0 Å². The fourth-order valence-electron chi connectivity index (χ4n) is 2.26. The molecule has 5 nitrogen and oxygen atoms in total. The lowest BCUT2D eigenvalue weighted by Gasteiger charge is -2.05. The first-order chi connectivity index (χ1) is 12.2. The first-order valence-electron chi connectivity index (χ1n) is 7.83. The number of anilines is 1. The van der Waals surface area contributed by atoms with E-state index in [9.17, 15) is 4.79 Å². The molecule has 0 atom stereocenters. The third kappa shape index (κ3) is 4.16. The second kappa shape index (κ2) is 7.81. The molecule has 128 valence electrons. The molecule has 1 aromatic heterocycles. The Hall–Kier alpha value is -2.86. The second-order valence-electron chi connectivity index (χ2n) is 5.18. The molecule has 1 amide bonds. The Morgan fingerprint density at radius 1 is 1.08 bits per heavy atom. The standard InChI is InChI=1S/C19H18N2O3S/c1-3-24-16-10-6-14(7-11-16)18(22)21-19-20-17(12-25-19)13-4-8-15(23-2)9-5-13/h4-12H,3H2,1-2H3,(H,20,21,22). The van der Waals surface area contributed by atoms with Crippen molar-refractivity contribution < 1.29 is 14.3 Å². The van der Waals surface area contributed by atoms with E-state index in [1.54, 1.807) is 31.4 Å². The highest BCUT2D eigenvalue weighted by molar-refractivity contribution is 7.14. The van der Waals surface area contributed by atoms with Crippen LogP contribution in [0.5, 0.6) is 11.5 Å². The number of rotatable bonds is 6. The molecule has 25 heavy (non-hydrogen) atoms. The number of benzene rings is 2.